The Morgan fingerprint density at radius 3 is 2.61 bits per heavy atom. The van der Waals surface area contributed by atoms with E-state index in [4.69, 9.17) is 4.98 Å². The van der Waals surface area contributed by atoms with Gasteiger partial charge in [0, 0.05) is 41.7 Å². The molecule has 0 bridgehead atoms. The number of aromatic amines is 1. The third kappa shape index (κ3) is 4.37. The van der Waals surface area contributed by atoms with Crippen LogP contribution in [0.4, 0.5) is 0 Å². The van der Waals surface area contributed by atoms with Crippen molar-refractivity contribution in [3.63, 3.8) is 0 Å². The Labute approximate surface area is 192 Å². The van der Waals surface area contributed by atoms with Crippen molar-refractivity contribution >= 4 is 0 Å². The molecule has 8 nitrogen and oxygen atoms in total. The zero-order valence-corrected chi connectivity index (χ0v) is 18.9. The van der Waals surface area contributed by atoms with Gasteiger partial charge in [-0.15, -0.1) is 5.10 Å². The summed E-state index contributed by atoms with van der Waals surface area (Å²) in [6.07, 6.45) is 10.9. The maximum Gasteiger partial charge on any atom is 0.328 e. The number of nitrogens with one attached hydrogen (secondary N) is 1. The van der Waals surface area contributed by atoms with E-state index in [-0.39, 0.29) is 5.69 Å². The molecule has 1 saturated carbocycles. The van der Waals surface area contributed by atoms with Gasteiger partial charge in [-0.05, 0) is 41.3 Å². The molecule has 0 amide bonds. The zero-order chi connectivity index (χ0) is 22.6. The molecule has 3 heterocycles. The smallest absolute Gasteiger partial charge is 0.299 e. The van der Waals surface area contributed by atoms with Crippen LogP contribution in [0.3, 0.4) is 0 Å². The van der Waals surface area contributed by atoms with E-state index >= 15 is 0 Å². The van der Waals surface area contributed by atoms with Crippen molar-refractivity contribution in [3.8, 4) is 22.6 Å². The van der Waals surface area contributed by atoms with Crippen molar-refractivity contribution in [1.29, 1.82) is 0 Å². The Morgan fingerprint density at radius 2 is 1.91 bits per heavy atom. The quantitative estimate of drug-likeness (QED) is 0.436. The number of rotatable bonds is 8. The number of benzene rings is 1. The number of tetrazole rings is 1. The second-order valence-electron chi connectivity index (χ2n) is 8.80. The van der Waals surface area contributed by atoms with Crippen molar-refractivity contribution in [2.75, 3.05) is 0 Å². The van der Waals surface area contributed by atoms with Gasteiger partial charge in [-0.1, -0.05) is 56.5 Å². The molecule has 1 aliphatic rings. The Balaban J connectivity index is 1.44. The van der Waals surface area contributed by atoms with Gasteiger partial charge in [0.05, 0.1) is 12.2 Å². The molecule has 0 spiro atoms. The highest BCUT2D eigenvalue weighted by atomic mass is 16.1. The highest BCUT2D eigenvalue weighted by Gasteiger charge is 2.23. The van der Waals surface area contributed by atoms with Gasteiger partial charge in [-0.3, -0.25) is 14.1 Å². The SMILES string of the molecule is CCCCn1cc(C2CCCC2)n(Cc2ccc(-c3ccccc3-c3nnn[nH]3)nc2)c1=O. The molecule has 3 aromatic heterocycles. The maximum atomic E-state index is 13.2. The minimum Gasteiger partial charge on any atom is -0.299 e. The van der Waals surface area contributed by atoms with Crippen molar-refractivity contribution < 1.29 is 0 Å². The molecule has 33 heavy (non-hydrogen) atoms. The first-order valence-electron chi connectivity index (χ1n) is 11.8. The first-order valence-corrected chi connectivity index (χ1v) is 11.8. The van der Waals surface area contributed by atoms with Gasteiger partial charge < -0.3 is 0 Å². The lowest BCUT2D eigenvalue weighted by atomic mass is 10.0. The fraction of sp³-hybridized carbons (Fsp3) is 0.400. The van der Waals surface area contributed by atoms with E-state index in [1.165, 1.54) is 31.4 Å². The molecule has 0 radical (unpaired) electrons. The summed E-state index contributed by atoms with van der Waals surface area (Å²) in [5.41, 5.74) is 4.99. The summed E-state index contributed by atoms with van der Waals surface area (Å²) in [6.45, 7) is 3.49. The average Bonchev–Trinajstić information content (AvgIpc) is 3.62. The fourth-order valence-corrected chi connectivity index (χ4v) is 4.79. The normalized spacial score (nSPS) is 14.2. The number of hydrogen-bond donors (Lipinski definition) is 1. The maximum absolute atomic E-state index is 13.2. The molecule has 1 fully saturated rings. The van der Waals surface area contributed by atoms with Crippen molar-refractivity contribution in [1.82, 2.24) is 34.7 Å². The van der Waals surface area contributed by atoms with Gasteiger partial charge in [0.25, 0.3) is 0 Å². The molecule has 1 N–H and O–H groups in total. The lowest BCUT2D eigenvalue weighted by Crippen LogP contribution is -2.26. The molecular formula is C25H29N7O. The molecular weight excluding hydrogens is 414 g/mol. The fourth-order valence-electron chi connectivity index (χ4n) is 4.79. The van der Waals surface area contributed by atoms with E-state index in [2.05, 4.69) is 39.8 Å². The summed E-state index contributed by atoms with van der Waals surface area (Å²) >= 11 is 0. The molecule has 5 rings (SSSR count). The minimum absolute atomic E-state index is 0.0950. The van der Waals surface area contributed by atoms with Gasteiger partial charge in [-0.2, -0.15) is 0 Å². The number of unbranched alkanes of at least 4 members (excludes halogenated alkanes) is 1. The van der Waals surface area contributed by atoms with E-state index in [1.54, 1.807) is 0 Å². The summed E-state index contributed by atoms with van der Waals surface area (Å²) in [5.74, 6) is 1.09. The Kier molecular flexibility index (Phi) is 6.15. The zero-order valence-electron chi connectivity index (χ0n) is 18.9. The predicted molar refractivity (Wildman–Crippen MR) is 127 cm³/mol. The van der Waals surface area contributed by atoms with Crippen molar-refractivity contribution in [3.05, 3.63) is 70.5 Å². The summed E-state index contributed by atoms with van der Waals surface area (Å²) in [5, 5.41) is 14.2. The van der Waals surface area contributed by atoms with Crippen LogP contribution < -0.4 is 5.69 Å². The Morgan fingerprint density at radius 1 is 1.09 bits per heavy atom. The van der Waals surface area contributed by atoms with E-state index < -0.39 is 0 Å². The van der Waals surface area contributed by atoms with E-state index in [0.717, 1.165) is 41.8 Å². The predicted octanol–water partition coefficient (Wildman–Crippen LogP) is 4.40. The van der Waals surface area contributed by atoms with Gasteiger partial charge in [0.15, 0.2) is 5.82 Å². The van der Waals surface area contributed by atoms with E-state index in [0.29, 0.717) is 18.3 Å². The van der Waals surface area contributed by atoms with Gasteiger partial charge in [0.1, 0.15) is 0 Å². The molecule has 0 atom stereocenters. The summed E-state index contributed by atoms with van der Waals surface area (Å²) < 4.78 is 3.87. The second-order valence-corrected chi connectivity index (χ2v) is 8.80. The molecule has 0 saturated heterocycles. The van der Waals surface area contributed by atoms with E-state index in [1.807, 2.05) is 45.7 Å². The summed E-state index contributed by atoms with van der Waals surface area (Å²) in [6, 6.07) is 12.0. The van der Waals surface area contributed by atoms with Crippen LogP contribution in [0.15, 0.2) is 53.6 Å². The van der Waals surface area contributed by atoms with Gasteiger partial charge in [0.2, 0.25) is 0 Å². The molecule has 170 valence electrons. The standard InChI is InChI=1S/C25H29N7O/c1-2-3-14-31-17-23(19-8-4-5-9-19)32(25(31)33)16-18-12-13-22(26-15-18)20-10-6-7-11-21(20)24-27-29-30-28-24/h6-7,10-13,15,17,19H,2-5,8-9,14,16H2,1H3,(H,27,28,29,30). The number of aromatic nitrogens is 7. The molecule has 0 aliphatic heterocycles. The van der Waals surface area contributed by atoms with Crippen LogP contribution in [-0.2, 0) is 13.1 Å². The molecule has 8 heteroatoms. The highest BCUT2D eigenvalue weighted by molar-refractivity contribution is 5.78. The Bertz CT molecular complexity index is 1250. The lowest BCUT2D eigenvalue weighted by Gasteiger charge is -2.13. The summed E-state index contributed by atoms with van der Waals surface area (Å²) in [4.78, 5) is 17.9. The average molecular weight is 444 g/mol. The topological polar surface area (TPSA) is 94.3 Å². The largest absolute Gasteiger partial charge is 0.328 e. The van der Waals surface area contributed by atoms with Crippen LogP contribution in [0.1, 0.15) is 62.6 Å². The van der Waals surface area contributed by atoms with Crippen LogP contribution in [0.2, 0.25) is 0 Å². The van der Waals surface area contributed by atoms with Crippen LogP contribution >= 0.6 is 0 Å². The first-order chi connectivity index (χ1) is 16.2. The van der Waals surface area contributed by atoms with Crippen LogP contribution in [0, 0.1) is 0 Å². The van der Waals surface area contributed by atoms with Crippen LogP contribution in [0.25, 0.3) is 22.6 Å². The molecule has 1 aromatic carbocycles. The van der Waals surface area contributed by atoms with Crippen molar-refractivity contribution in [2.45, 2.75) is 64.5 Å². The number of aryl methyl sites for hydroxylation is 1. The Hall–Kier alpha value is -3.55. The number of imidazole rings is 1. The van der Waals surface area contributed by atoms with Gasteiger partial charge in [-0.25, -0.2) is 9.89 Å². The van der Waals surface area contributed by atoms with Gasteiger partial charge >= 0.3 is 5.69 Å². The molecule has 1 aliphatic carbocycles. The first kappa shape index (κ1) is 21.3. The molecule has 0 unspecified atom stereocenters. The minimum atomic E-state index is 0.0950. The monoisotopic (exact) mass is 443 g/mol. The van der Waals surface area contributed by atoms with Crippen LogP contribution in [0.5, 0.6) is 0 Å². The second kappa shape index (κ2) is 9.52. The number of nitrogens with zero attached hydrogens (tertiary/aromatic N) is 6. The molecule has 4 aromatic rings. The third-order valence-corrected chi connectivity index (χ3v) is 6.57. The number of pyridine rings is 1. The van der Waals surface area contributed by atoms with Crippen molar-refractivity contribution in [2.24, 2.45) is 0 Å². The third-order valence-electron chi connectivity index (χ3n) is 6.57. The number of hydrogen-bond acceptors (Lipinski definition) is 5. The highest BCUT2D eigenvalue weighted by Crippen LogP contribution is 2.34. The number of H-pyrrole nitrogens is 1. The van der Waals surface area contributed by atoms with Crippen LogP contribution in [-0.4, -0.2) is 34.7 Å². The lowest BCUT2D eigenvalue weighted by molar-refractivity contribution is 0.585. The van der Waals surface area contributed by atoms with E-state index in [9.17, 15) is 4.79 Å². The summed E-state index contributed by atoms with van der Waals surface area (Å²) in [7, 11) is 0.